The summed E-state index contributed by atoms with van der Waals surface area (Å²) in [5.74, 6) is -0.0175. The van der Waals surface area contributed by atoms with Gasteiger partial charge in [0.05, 0.1) is 21.2 Å². The van der Waals surface area contributed by atoms with Gasteiger partial charge in [-0.15, -0.1) is 0 Å². The van der Waals surface area contributed by atoms with E-state index >= 15 is 0 Å². The van der Waals surface area contributed by atoms with Crippen molar-refractivity contribution in [1.82, 2.24) is 15.2 Å². The highest BCUT2D eigenvalue weighted by Crippen LogP contribution is 2.46. The van der Waals surface area contributed by atoms with Gasteiger partial charge >= 0.3 is 6.18 Å². The summed E-state index contributed by atoms with van der Waals surface area (Å²) in [6.07, 6.45) is 1.85. The molecule has 2 unspecified atom stereocenters. The van der Waals surface area contributed by atoms with E-state index in [4.69, 9.17) is 23.2 Å². The number of carbonyl (C=O) groups excluding carboxylic acids is 1. The zero-order chi connectivity index (χ0) is 29.2. The highest BCUT2D eigenvalue weighted by Gasteiger charge is 2.44. The molecule has 0 bridgehead atoms. The van der Waals surface area contributed by atoms with E-state index < -0.39 is 11.7 Å². The number of nitrogens with zero attached hydrogens (tertiary/aromatic N) is 2. The molecule has 2 N–H and O–H groups in total. The van der Waals surface area contributed by atoms with E-state index in [9.17, 15) is 18.0 Å². The normalized spacial score (nSPS) is 20.6. The van der Waals surface area contributed by atoms with Gasteiger partial charge in [0.15, 0.2) is 0 Å². The van der Waals surface area contributed by atoms with Crippen molar-refractivity contribution < 1.29 is 18.0 Å². The molecule has 1 saturated heterocycles. The Bertz CT molecular complexity index is 1360. The molecular weight excluding hydrogens is 572 g/mol. The maximum absolute atomic E-state index is 13.3. The monoisotopic (exact) mass is 604 g/mol. The van der Waals surface area contributed by atoms with Crippen LogP contribution in [0.2, 0.25) is 10.0 Å². The van der Waals surface area contributed by atoms with Gasteiger partial charge in [0.25, 0.3) is 5.91 Å². The number of para-hydroxylation sites is 1. The number of carbonyl (C=O) groups is 1. The summed E-state index contributed by atoms with van der Waals surface area (Å²) in [5.41, 5.74) is 2.55. The number of alkyl halides is 3. The third kappa shape index (κ3) is 6.35. The second kappa shape index (κ2) is 12.2. The van der Waals surface area contributed by atoms with Gasteiger partial charge in [-0.25, -0.2) is 0 Å². The lowest BCUT2D eigenvalue weighted by molar-refractivity contribution is -0.137. The fourth-order valence-electron chi connectivity index (χ4n) is 6.41. The summed E-state index contributed by atoms with van der Waals surface area (Å²) in [6.45, 7) is 5.08. The number of aromatic nitrogens is 1. The zero-order valence-corrected chi connectivity index (χ0v) is 24.3. The van der Waals surface area contributed by atoms with E-state index in [2.05, 4.69) is 39.6 Å². The Hall–Kier alpha value is -2.81. The number of pyridine rings is 1. The summed E-state index contributed by atoms with van der Waals surface area (Å²) in [4.78, 5) is 18.9. The predicted octanol–water partition coefficient (Wildman–Crippen LogP) is 7.23. The number of amides is 1. The predicted molar refractivity (Wildman–Crippen MR) is 157 cm³/mol. The van der Waals surface area contributed by atoms with Crippen LogP contribution in [0.25, 0.3) is 0 Å². The molecule has 0 saturated carbocycles. The van der Waals surface area contributed by atoms with Gasteiger partial charge in [0.1, 0.15) is 0 Å². The van der Waals surface area contributed by atoms with Crippen molar-refractivity contribution in [3.8, 4) is 0 Å². The van der Waals surface area contributed by atoms with Crippen LogP contribution in [0.3, 0.4) is 0 Å². The van der Waals surface area contributed by atoms with Crippen LogP contribution in [-0.2, 0) is 18.0 Å². The molecular formula is C31H33Cl2F3N4O. The first kappa shape index (κ1) is 29.7. The molecule has 218 valence electrons. The summed E-state index contributed by atoms with van der Waals surface area (Å²) >= 11 is 12.2. The van der Waals surface area contributed by atoms with Gasteiger partial charge < -0.3 is 15.5 Å². The third-order valence-corrected chi connectivity index (χ3v) is 9.34. The minimum Gasteiger partial charge on any atom is -0.384 e. The topological polar surface area (TPSA) is 57.3 Å². The van der Waals surface area contributed by atoms with Crippen molar-refractivity contribution >= 4 is 34.8 Å². The number of piperidine rings is 1. The van der Waals surface area contributed by atoms with Gasteiger partial charge in [-0.1, -0.05) is 53.5 Å². The summed E-state index contributed by atoms with van der Waals surface area (Å²) in [5, 5.41) is 6.93. The lowest BCUT2D eigenvalue weighted by Gasteiger charge is -2.49. The number of benzene rings is 2. The van der Waals surface area contributed by atoms with Crippen molar-refractivity contribution in [2.24, 2.45) is 5.92 Å². The largest absolute Gasteiger partial charge is 0.416 e. The van der Waals surface area contributed by atoms with Crippen molar-refractivity contribution in [3.05, 3.63) is 93.2 Å². The van der Waals surface area contributed by atoms with E-state index in [0.717, 1.165) is 50.0 Å². The van der Waals surface area contributed by atoms with Crippen LogP contribution < -0.4 is 10.6 Å². The highest BCUT2D eigenvalue weighted by atomic mass is 35.5. The molecule has 0 spiro atoms. The highest BCUT2D eigenvalue weighted by molar-refractivity contribution is 6.39. The number of hydrogen-bond donors (Lipinski definition) is 2. The van der Waals surface area contributed by atoms with Gasteiger partial charge in [0.2, 0.25) is 0 Å². The average Bonchev–Trinajstić information content (AvgIpc) is 2.96. The number of nitrogens with one attached hydrogen (secondary N) is 2. The molecule has 5 rings (SSSR count). The van der Waals surface area contributed by atoms with Crippen LogP contribution in [-0.4, -0.2) is 48.0 Å². The van der Waals surface area contributed by atoms with E-state index in [0.29, 0.717) is 19.0 Å². The van der Waals surface area contributed by atoms with Crippen molar-refractivity contribution in [3.63, 3.8) is 0 Å². The molecule has 5 nitrogen and oxygen atoms in total. The summed E-state index contributed by atoms with van der Waals surface area (Å²) in [6, 6.07) is 14.2. The Morgan fingerprint density at radius 1 is 1.10 bits per heavy atom. The molecule has 1 aromatic heterocycles. The molecule has 41 heavy (non-hydrogen) atoms. The molecule has 3 aromatic rings. The van der Waals surface area contributed by atoms with Crippen LogP contribution >= 0.6 is 23.2 Å². The molecule has 2 aromatic carbocycles. The molecule has 10 heteroatoms. The smallest absolute Gasteiger partial charge is 0.384 e. The number of fused-ring (bicyclic) bond motifs is 1. The minimum absolute atomic E-state index is 0.215. The quantitative estimate of drug-likeness (QED) is 0.298. The molecule has 0 radical (unpaired) electrons. The second-order valence-electron chi connectivity index (χ2n) is 11.1. The number of hydrogen-bond acceptors (Lipinski definition) is 4. The fourth-order valence-corrected chi connectivity index (χ4v) is 6.94. The van der Waals surface area contributed by atoms with Crippen LogP contribution in [0.4, 0.5) is 18.9 Å². The van der Waals surface area contributed by atoms with Crippen molar-refractivity contribution in [2.75, 3.05) is 31.5 Å². The lowest BCUT2D eigenvalue weighted by atomic mass is 9.62. The molecule has 2 aliphatic heterocycles. The molecule has 2 atom stereocenters. The maximum atomic E-state index is 13.3. The second-order valence-corrected chi connectivity index (χ2v) is 11.9. The molecule has 1 fully saturated rings. The number of rotatable bonds is 7. The Labute approximate surface area is 248 Å². The Morgan fingerprint density at radius 2 is 1.76 bits per heavy atom. The average molecular weight is 606 g/mol. The van der Waals surface area contributed by atoms with Gasteiger partial charge in [-0.2, -0.15) is 13.2 Å². The molecule has 3 heterocycles. The summed E-state index contributed by atoms with van der Waals surface area (Å²) in [7, 11) is 0. The van der Waals surface area contributed by atoms with Crippen LogP contribution in [0.15, 0.2) is 60.9 Å². The number of halogens is 5. The first-order valence-corrected chi connectivity index (χ1v) is 14.6. The van der Waals surface area contributed by atoms with Crippen molar-refractivity contribution in [2.45, 2.75) is 50.2 Å². The van der Waals surface area contributed by atoms with Crippen molar-refractivity contribution in [1.29, 1.82) is 0 Å². The SMILES string of the molecule is CC(CCNC(=O)c1c(Cl)cncc1Cl)N1CCC(C2(c3ccc(C(F)(F)F)cc3)CNc3ccccc3C2)CC1. The van der Waals surface area contributed by atoms with Crippen LogP contribution in [0, 0.1) is 5.92 Å². The van der Waals surface area contributed by atoms with Gasteiger partial charge in [-0.05, 0) is 80.9 Å². The Kier molecular flexibility index (Phi) is 8.83. The third-order valence-electron chi connectivity index (χ3n) is 8.77. The standard InChI is InChI=1S/C31H33Cl2F3N4O/c1-20(10-13-38-29(41)28-25(32)17-37-18-26(28)33)40-14-11-23(12-15-40)30(16-21-4-2-3-5-27(21)39-19-30)22-6-8-24(9-7-22)31(34,35)36/h2-9,17-18,20,23,39H,10-16,19H2,1H3,(H,38,41). The van der Waals surface area contributed by atoms with Gasteiger partial charge in [-0.3, -0.25) is 9.78 Å². The lowest BCUT2D eigenvalue weighted by Crippen LogP contribution is -2.51. The van der Waals surface area contributed by atoms with Gasteiger partial charge in [0, 0.05) is 42.6 Å². The summed E-state index contributed by atoms with van der Waals surface area (Å²) < 4.78 is 40.0. The zero-order valence-electron chi connectivity index (χ0n) is 22.8. The first-order chi connectivity index (χ1) is 19.6. The molecule has 2 aliphatic rings. The minimum atomic E-state index is -4.36. The van der Waals surface area contributed by atoms with E-state index in [1.807, 2.05) is 12.1 Å². The van der Waals surface area contributed by atoms with Crippen LogP contribution in [0.5, 0.6) is 0 Å². The number of likely N-dealkylation sites (tertiary alicyclic amines) is 1. The van der Waals surface area contributed by atoms with Crippen LogP contribution in [0.1, 0.15) is 53.2 Å². The molecule has 0 aliphatic carbocycles. The van der Waals surface area contributed by atoms with E-state index in [1.54, 1.807) is 12.1 Å². The fraction of sp³-hybridized carbons (Fsp3) is 0.419. The first-order valence-electron chi connectivity index (χ1n) is 13.9. The van der Waals surface area contributed by atoms with E-state index in [-0.39, 0.29) is 33.0 Å². The Balaban J connectivity index is 1.25. The maximum Gasteiger partial charge on any atom is 0.416 e. The Morgan fingerprint density at radius 3 is 2.41 bits per heavy atom. The number of anilines is 1. The molecule has 1 amide bonds. The van der Waals surface area contributed by atoms with E-state index in [1.165, 1.54) is 30.1 Å².